The highest BCUT2D eigenvalue weighted by Gasteiger charge is 2.44. The number of benzene rings is 3. The molecule has 3 aromatic rings. The zero-order valence-electron chi connectivity index (χ0n) is 16.5. The van der Waals surface area contributed by atoms with Crippen molar-refractivity contribution in [1.29, 1.82) is 0 Å². The van der Waals surface area contributed by atoms with Crippen molar-refractivity contribution in [1.82, 2.24) is 5.32 Å². The molecule has 1 fully saturated rings. The van der Waals surface area contributed by atoms with Crippen molar-refractivity contribution in [2.24, 2.45) is 5.92 Å². The molecule has 5 nitrogen and oxygen atoms in total. The van der Waals surface area contributed by atoms with Gasteiger partial charge < -0.3 is 15.2 Å². The molecule has 156 valence electrons. The van der Waals surface area contributed by atoms with Gasteiger partial charge in [-0.2, -0.15) is 0 Å². The van der Waals surface area contributed by atoms with Crippen molar-refractivity contribution in [2.75, 3.05) is 0 Å². The van der Waals surface area contributed by atoms with E-state index in [1.807, 2.05) is 54.6 Å². The quantitative estimate of drug-likeness (QED) is 0.319. The SMILES string of the molecule is O=C(O)/C(=C/c1ccc(Oc2ccccc2I)cc1)NC(=O)[C@H]1C[C@@H]1c1ccccc1. The van der Waals surface area contributed by atoms with Crippen LogP contribution in [0.4, 0.5) is 0 Å². The summed E-state index contributed by atoms with van der Waals surface area (Å²) in [5, 5.41) is 12.1. The van der Waals surface area contributed by atoms with Gasteiger partial charge in [-0.05, 0) is 76.4 Å². The van der Waals surface area contributed by atoms with E-state index in [2.05, 4.69) is 27.9 Å². The number of amides is 1. The van der Waals surface area contributed by atoms with Gasteiger partial charge in [0.15, 0.2) is 0 Å². The van der Waals surface area contributed by atoms with Gasteiger partial charge in [0.25, 0.3) is 0 Å². The number of carboxylic acids is 1. The Morgan fingerprint density at radius 3 is 2.32 bits per heavy atom. The van der Waals surface area contributed by atoms with Crippen LogP contribution < -0.4 is 10.1 Å². The topological polar surface area (TPSA) is 75.6 Å². The van der Waals surface area contributed by atoms with E-state index in [-0.39, 0.29) is 23.4 Å². The number of para-hydroxylation sites is 1. The van der Waals surface area contributed by atoms with E-state index in [1.54, 1.807) is 24.3 Å². The Labute approximate surface area is 193 Å². The Morgan fingerprint density at radius 2 is 1.65 bits per heavy atom. The van der Waals surface area contributed by atoms with Gasteiger partial charge in [-0.15, -0.1) is 0 Å². The second kappa shape index (κ2) is 9.34. The minimum absolute atomic E-state index is 0.144. The van der Waals surface area contributed by atoms with Crippen LogP contribution in [-0.2, 0) is 9.59 Å². The van der Waals surface area contributed by atoms with Crippen LogP contribution in [-0.4, -0.2) is 17.0 Å². The fraction of sp³-hybridized carbons (Fsp3) is 0.120. The number of ether oxygens (including phenoxy) is 1. The highest BCUT2D eigenvalue weighted by Crippen LogP contribution is 2.47. The van der Waals surface area contributed by atoms with Crippen molar-refractivity contribution in [2.45, 2.75) is 12.3 Å². The lowest BCUT2D eigenvalue weighted by Gasteiger charge is -2.09. The van der Waals surface area contributed by atoms with E-state index < -0.39 is 5.97 Å². The smallest absolute Gasteiger partial charge is 0.352 e. The van der Waals surface area contributed by atoms with Crippen molar-refractivity contribution < 1.29 is 19.4 Å². The van der Waals surface area contributed by atoms with Crippen LogP contribution in [0.25, 0.3) is 6.08 Å². The number of rotatable bonds is 7. The number of hydrogen-bond acceptors (Lipinski definition) is 3. The number of hydrogen-bond donors (Lipinski definition) is 2. The summed E-state index contributed by atoms with van der Waals surface area (Å²) in [6, 6.07) is 24.5. The second-order valence-corrected chi connectivity index (χ2v) is 8.48. The standard InChI is InChI=1S/C25H20INO4/c26-21-8-4-5-9-23(21)31-18-12-10-16(11-13-18)14-22(25(29)30)27-24(28)20-15-19(20)17-6-2-1-3-7-17/h1-14,19-20H,15H2,(H,27,28)(H,29,30)/b22-14-/t19-,20+/m1/s1. The summed E-state index contributed by atoms with van der Waals surface area (Å²) >= 11 is 2.20. The number of carboxylic acid groups (broad SMARTS) is 1. The number of aliphatic carboxylic acids is 1. The summed E-state index contributed by atoms with van der Waals surface area (Å²) < 4.78 is 6.85. The highest BCUT2D eigenvalue weighted by molar-refractivity contribution is 14.1. The summed E-state index contributed by atoms with van der Waals surface area (Å²) in [6.07, 6.45) is 2.18. The van der Waals surface area contributed by atoms with Crippen molar-refractivity contribution in [3.63, 3.8) is 0 Å². The van der Waals surface area contributed by atoms with E-state index in [1.165, 1.54) is 6.08 Å². The van der Waals surface area contributed by atoms with Crippen LogP contribution in [0.3, 0.4) is 0 Å². The van der Waals surface area contributed by atoms with Crippen LogP contribution in [0.15, 0.2) is 84.6 Å². The minimum Gasteiger partial charge on any atom is -0.477 e. The monoisotopic (exact) mass is 525 g/mol. The summed E-state index contributed by atoms with van der Waals surface area (Å²) in [6.45, 7) is 0. The number of carbonyl (C=O) groups excluding carboxylic acids is 1. The Balaban J connectivity index is 1.42. The molecule has 0 radical (unpaired) electrons. The summed E-state index contributed by atoms with van der Waals surface area (Å²) in [7, 11) is 0. The molecule has 1 amide bonds. The maximum Gasteiger partial charge on any atom is 0.352 e. The van der Waals surface area contributed by atoms with Crippen LogP contribution in [0.5, 0.6) is 11.5 Å². The normalized spacial score (nSPS) is 17.6. The molecule has 0 spiro atoms. The first-order valence-electron chi connectivity index (χ1n) is 9.84. The Hall–Kier alpha value is -3.13. The minimum atomic E-state index is -1.18. The molecule has 0 unspecified atom stereocenters. The molecule has 0 saturated heterocycles. The van der Waals surface area contributed by atoms with Gasteiger partial charge in [-0.3, -0.25) is 4.79 Å². The van der Waals surface area contributed by atoms with E-state index in [0.717, 1.165) is 21.3 Å². The van der Waals surface area contributed by atoms with E-state index in [9.17, 15) is 14.7 Å². The lowest BCUT2D eigenvalue weighted by Crippen LogP contribution is -2.28. The number of nitrogens with one attached hydrogen (secondary N) is 1. The van der Waals surface area contributed by atoms with Crippen LogP contribution in [0, 0.1) is 9.49 Å². The molecule has 0 aromatic heterocycles. The third kappa shape index (κ3) is 5.32. The molecule has 2 atom stereocenters. The lowest BCUT2D eigenvalue weighted by molar-refractivity contribution is -0.134. The third-order valence-electron chi connectivity index (χ3n) is 5.10. The van der Waals surface area contributed by atoms with E-state index in [4.69, 9.17) is 4.74 Å². The Kier molecular flexibility index (Phi) is 6.36. The zero-order valence-corrected chi connectivity index (χ0v) is 18.7. The van der Waals surface area contributed by atoms with Crippen LogP contribution in [0.1, 0.15) is 23.5 Å². The number of halogens is 1. The van der Waals surface area contributed by atoms with Gasteiger partial charge in [0.1, 0.15) is 17.2 Å². The fourth-order valence-electron chi connectivity index (χ4n) is 3.38. The summed E-state index contributed by atoms with van der Waals surface area (Å²) in [5.74, 6) is -0.0959. The molecular formula is C25H20INO4. The fourth-order valence-corrected chi connectivity index (χ4v) is 3.88. The molecule has 0 heterocycles. The van der Waals surface area contributed by atoms with E-state index in [0.29, 0.717) is 11.3 Å². The zero-order chi connectivity index (χ0) is 21.8. The predicted octanol–water partition coefficient (Wildman–Crippen LogP) is 5.43. The Bertz CT molecular complexity index is 1130. The highest BCUT2D eigenvalue weighted by atomic mass is 127. The van der Waals surface area contributed by atoms with Gasteiger partial charge in [-0.1, -0.05) is 54.6 Å². The number of carbonyl (C=O) groups is 2. The molecule has 1 aliphatic rings. The van der Waals surface area contributed by atoms with Gasteiger partial charge in [0, 0.05) is 5.92 Å². The third-order valence-corrected chi connectivity index (χ3v) is 5.99. The molecule has 3 aromatic carbocycles. The average Bonchev–Trinajstić information content (AvgIpc) is 3.58. The maximum atomic E-state index is 12.5. The predicted molar refractivity (Wildman–Crippen MR) is 127 cm³/mol. The largest absolute Gasteiger partial charge is 0.477 e. The van der Waals surface area contributed by atoms with Gasteiger partial charge in [0.2, 0.25) is 5.91 Å². The molecular weight excluding hydrogens is 505 g/mol. The molecule has 1 aliphatic carbocycles. The average molecular weight is 525 g/mol. The molecule has 0 bridgehead atoms. The molecule has 2 N–H and O–H groups in total. The second-order valence-electron chi connectivity index (χ2n) is 7.31. The first-order valence-corrected chi connectivity index (χ1v) is 10.9. The molecule has 4 rings (SSSR count). The molecule has 1 saturated carbocycles. The maximum absolute atomic E-state index is 12.5. The molecule has 6 heteroatoms. The van der Waals surface area contributed by atoms with E-state index >= 15 is 0 Å². The van der Waals surface area contributed by atoms with Crippen LogP contribution in [0.2, 0.25) is 0 Å². The molecule has 31 heavy (non-hydrogen) atoms. The first-order chi connectivity index (χ1) is 15.0. The van der Waals surface area contributed by atoms with Crippen molar-refractivity contribution in [3.05, 3.63) is 99.3 Å². The van der Waals surface area contributed by atoms with Crippen molar-refractivity contribution >= 4 is 40.5 Å². The first kappa shape index (κ1) is 21.1. The van der Waals surface area contributed by atoms with Gasteiger partial charge in [-0.25, -0.2) is 4.79 Å². The van der Waals surface area contributed by atoms with Crippen molar-refractivity contribution in [3.8, 4) is 11.5 Å². The Morgan fingerprint density at radius 1 is 0.968 bits per heavy atom. The van der Waals surface area contributed by atoms with Gasteiger partial charge in [0.05, 0.1) is 3.57 Å². The molecule has 0 aliphatic heterocycles. The van der Waals surface area contributed by atoms with Crippen LogP contribution >= 0.6 is 22.6 Å². The summed E-state index contributed by atoms with van der Waals surface area (Å²) in [5.41, 5.74) is 1.62. The summed E-state index contributed by atoms with van der Waals surface area (Å²) in [4.78, 5) is 24.2. The van der Waals surface area contributed by atoms with Gasteiger partial charge >= 0.3 is 5.97 Å². The lowest BCUT2D eigenvalue weighted by atomic mass is 10.1.